The molecule has 0 radical (unpaired) electrons. The van der Waals surface area contributed by atoms with E-state index in [-0.39, 0.29) is 5.91 Å². The van der Waals surface area contributed by atoms with Crippen molar-refractivity contribution in [2.45, 2.75) is 32.4 Å². The van der Waals surface area contributed by atoms with Gasteiger partial charge in [-0.15, -0.1) is 0 Å². The summed E-state index contributed by atoms with van der Waals surface area (Å²) in [5.41, 5.74) is 5.42. The van der Waals surface area contributed by atoms with E-state index >= 15 is 0 Å². The maximum Gasteiger partial charge on any atom is 0.251 e. The predicted molar refractivity (Wildman–Crippen MR) is 129 cm³/mol. The van der Waals surface area contributed by atoms with Gasteiger partial charge >= 0.3 is 0 Å². The molecule has 4 rings (SSSR count). The van der Waals surface area contributed by atoms with Crippen molar-refractivity contribution in [3.05, 3.63) is 107 Å². The molecular weight excluding hydrogens is 396 g/mol. The Bertz CT molecular complexity index is 1080. The lowest BCUT2D eigenvalue weighted by molar-refractivity contribution is 0.0952. The van der Waals surface area contributed by atoms with E-state index in [4.69, 9.17) is 0 Å². The van der Waals surface area contributed by atoms with Crippen molar-refractivity contribution in [1.29, 1.82) is 0 Å². The SMILES string of the molecule is O=C(NCCC=Cc1ccccc1)c1ccccc1CN1CCCc2ccc(O)cc2C1. The monoisotopic (exact) mass is 426 g/mol. The number of nitrogens with one attached hydrogen (secondary N) is 1. The minimum Gasteiger partial charge on any atom is -0.508 e. The summed E-state index contributed by atoms with van der Waals surface area (Å²) in [7, 11) is 0. The smallest absolute Gasteiger partial charge is 0.251 e. The van der Waals surface area contributed by atoms with Crippen LogP contribution in [0, 0.1) is 0 Å². The molecule has 0 atom stereocenters. The van der Waals surface area contributed by atoms with Crippen LogP contribution in [-0.2, 0) is 19.5 Å². The summed E-state index contributed by atoms with van der Waals surface area (Å²) in [4.78, 5) is 15.2. The highest BCUT2D eigenvalue weighted by molar-refractivity contribution is 5.95. The number of aromatic hydroxyl groups is 1. The largest absolute Gasteiger partial charge is 0.508 e. The minimum absolute atomic E-state index is 0.0263. The van der Waals surface area contributed by atoms with Gasteiger partial charge in [-0.1, -0.05) is 66.7 Å². The number of phenolic OH excluding ortho intramolecular Hbond substituents is 1. The Kier molecular flexibility index (Phi) is 7.36. The van der Waals surface area contributed by atoms with Gasteiger partial charge in [0, 0.05) is 25.2 Å². The molecule has 0 spiro atoms. The van der Waals surface area contributed by atoms with Crippen molar-refractivity contribution in [2.24, 2.45) is 0 Å². The van der Waals surface area contributed by atoms with Crippen LogP contribution in [0.15, 0.2) is 78.9 Å². The number of amides is 1. The number of benzene rings is 3. The average Bonchev–Trinajstić information content (AvgIpc) is 3.01. The van der Waals surface area contributed by atoms with Crippen LogP contribution in [0.4, 0.5) is 0 Å². The van der Waals surface area contributed by atoms with E-state index < -0.39 is 0 Å². The maximum absolute atomic E-state index is 12.9. The molecule has 2 N–H and O–H groups in total. The molecule has 0 saturated carbocycles. The Labute approximate surface area is 190 Å². The third-order valence-electron chi connectivity index (χ3n) is 5.87. The molecule has 0 aliphatic carbocycles. The lowest BCUT2D eigenvalue weighted by atomic mass is 10.0. The Morgan fingerprint density at radius 2 is 1.81 bits per heavy atom. The number of hydrogen-bond donors (Lipinski definition) is 2. The van der Waals surface area contributed by atoms with Crippen LogP contribution in [0.2, 0.25) is 0 Å². The van der Waals surface area contributed by atoms with Gasteiger partial charge in [-0.05, 0) is 66.3 Å². The number of nitrogens with zero attached hydrogens (tertiary/aromatic N) is 1. The number of phenols is 1. The Morgan fingerprint density at radius 1 is 1.00 bits per heavy atom. The molecule has 3 aromatic carbocycles. The number of fused-ring (bicyclic) bond motifs is 1. The Hall–Kier alpha value is -3.37. The van der Waals surface area contributed by atoms with Crippen molar-refractivity contribution in [2.75, 3.05) is 13.1 Å². The molecule has 164 valence electrons. The zero-order valence-electron chi connectivity index (χ0n) is 18.3. The van der Waals surface area contributed by atoms with Gasteiger partial charge in [-0.2, -0.15) is 0 Å². The van der Waals surface area contributed by atoms with E-state index in [1.165, 1.54) is 11.1 Å². The molecule has 32 heavy (non-hydrogen) atoms. The van der Waals surface area contributed by atoms with Crippen molar-refractivity contribution in [3.63, 3.8) is 0 Å². The van der Waals surface area contributed by atoms with E-state index in [1.54, 1.807) is 6.07 Å². The van der Waals surface area contributed by atoms with Crippen LogP contribution < -0.4 is 5.32 Å². The first-order valence-electron chi connectivity index (χ1n) is 11.3. The van der Waals surface area contributed by atoms with Gasteiger partial charge in [-0.25, -0.2) is 0 Å². The molecule has 0 aromatic heterocycles. The molecule has 1 heterocycles. The second-order valence-corrected chi connectivity index (χ2v) is 8.28. The van der Waals surface area contributed by atoms with E-state index in [2.05, 4.69) is 34.5 Å². The standard InChI is InChI=1S/C28H30N2O2/c31-26-16-15-23-13-8-18-30(21-25(23)19-26)20-24-12-4-5-14-27(24)28(32)29-17-7-6-11-22-9-2-1-3-10-22/h1-6,9-12,14-16,19,31H,7-8,13,17-18,20-21H2,(H,29,32). The number of rotatable bonds is 7. The predicted octanol–water partition coefficient (Wildman–Crippen LogP) is 5.17. The van der Waals surface area contributed by atoms with Crippen LogP contribution >= 0.6 is 0 Å². The molecule has 4 nitrogen and oxygen atoms in total. The fraction of sp³-hybridized carbons (Fsp3) is 0.250. The summed E-state index contributed by atoms with van der Waals surface area (Å²) < 4.78 is 0. The first-order valence-corrected chi connectivity index (χ1v) is 11.3. The lowest BCUT2D eigenvalue weighted by Gasteiger charge is -2.22. The van der Waals surface area contributed by atoms with Crippen LogP contribution in [0.5, 0.6) is 5.75 Å². The highest BCUT2D eigenvalue weighted by Gasteiger charge is 2.18. The molecule has 4 heteroatoms. The second-order valence-electron chi connectivity index (χ2n) is 8.28. The van der Waals surface area contributed by atoms with E-state index in [1.807, 2.05) is 54.6 Å². The quantitative estimate of drug-likeness (QED) is 0.512. The highest BCUT2D eigenvalue weighted by atomic mass is 16.3. The van der Waals surface area contributed by atoms with Crippen LogP contribution in [-0.4, -0.2) is 29.0 Å². The molecule has 0 fully saturated rings. The first-order chi connectivity index (χ1) is 15.7. The number of aryl methyl sites for hydroxylation is 1. The summed E-state index contributed by atoms with van der Waals surface area (Å²) in [6, 6.07) is 23.7. The van der Waals surface area contributed by atoms with Gasteiger partial charge < -0.3 is 10.4 Å². The number of carbonyl (C=O) groups excluding carboxylic acids is 1. The molecule has 0 saturated heterocycles. The summed E-state index contributed by atoms with van der Waals surface area (Å²) in [6.45, 7) is 3.07. The van der Waals surface area contributed by atoms with Gasteiger partial charge in [0.05, 0.1) is 0 Å². The highest BCUT2D eigenvalue weighted by Crippen LogP contribution is 2.24. The molecular formula is C28H30N2O2. The topological polar surface area (TPSA) is 52.6 Å². The summed E-state index contributed by atoms with van der Waals surface area (Å²) in [5, 5.41) is 12.9. The van der Waals surface area contributed by atoms with Crippen molar-refractivity contribution in [3.8, 4) is 5.75 Å². The normalized spacial score (nSPS) is 14.1. The minimum atomic E-state index is -0.0263. The van der Waals surface area contributed by atoms with Crippen molar-refractivity contribution >= 4 is 12.0 Å². The molecule has 1 amide bonds. The molecule has 0 unspecified atom stereocenters. The fourth-order valence-corrected chi connectivity index (χ4v) is 4.22. The molecule has 1 aliphatic heterocycles. The van der Waals surface area contributed by atoms with Crippen LogP contribution in [0.25, 0.3) is 6.08 Å². The lowest BCUT2D eigenvalue weighted by Crippen LogP contribution is -2.28. The van der Waals surface area contributed by atoms with Gasteiger partial charge in [0.15, 0.2) is 0 Å². The van der Waals surface area contributed by atoms with E-state index in [9.17, 15) is 9.90 Å². The zero-order chi connectivity index (χ0) is 22.2. The summed E-state index contributed by atoms with van der Waals surface area (Å²) >= 11 is 0. The second kappa shape index (κ2) is 10.8. The number of carbonyl (C=O) groups is 1. The zero-order valence-corrected chi connectivity index (χ0v) is 18.3. The van der Waals surface area contributed by atoms with Crippen molar-refractivity contribution < 1.29 is 9.90 Å². The maximum atomic E-state index is 12.9. The molecule has 1 aliphatic rings. The van der Waals surface area contributed by atoms with Crippen molar-refractivity contribution in [1.82, 2.24) is 10.2 Å². The van der Waals surface area contributed by atoms with Gasteiger partial charge in [-0.3, -0.25) is 9.69 Å². The van der Waals surface area contributed by atoms with Gasteiger partial charge in [0.25, 0.3) is 5.91 Å². The fourth-order valence-electron chi connectivity index (χ4n) is 4.22. The summed E-state index contributed by atoms with van der Waals surface area (Å²) in [6.07, 6.45) is 7.04. The number of hydrogen-bond acceptors (Lipinski definition) is 3. The first kappa shape index (κ1) is 21.8. The Balaban J connectivity index is 1.36. The van der Waals surface area contributed by atoms with E-state index in [0.29, 0.717) is 18.8 Å². The van der Waals surface area contributed by atoms with E-state index in [0.717, 1.165) is 49.0 Å². The van der Waals surface area contributed by atoms with Crippen LogP contribution in [0.3, 0.4) is 0 Å². The van der Waals surface area contributed by atoms with Gasteiger partial charge in [0.2, 0.25) is 0 Å². The molecule has 0 bridgehead atoms. The average molecular weight is 427 g/mol. The van der Waals surface area contributed by atoms with Crippen LogP contribution in [0.1, 0.15) is 45.5 Å². The Morgan fingerprint density at radius 3 is 2.69 bits per heavy atom. The van der Waals surface area contributed by atoms with Gasteiger partial charge in [0.1, 0.15) is 5.75 Å². The molecule has 3 aromatic rings. The summed E-state index contributed by atoms with van der Waals surface area (Å²) in [5.74, 6) is 0.285. The third-order valence-corrected chi connectivity index (χ3v) is 5.87. The third kappa shape index (κ3) is 5.86.